The van der Waals surface area contributed by atoms with Crippen molar-refractivity contribution >= 4 is 0 Å². The van der Waals surface area contributed by atoms with E-state index in [2.05, 4.69) is 48.2 Å². The highest BCUT2D eigenvalue weighted by atomic mass is 16.5. The molecule has 0 saturated carbocycles. The minimum Gasteiger partial charge on any atom is -0.497 e. The van der Waals surface area contributed by atoms with E-state index < -0.39 is 0 Å². The fraction of sp³-hybridized carbons (Fsp3) is 0.333. The predicted octanol–water partition coefficient (Wildman–Crippen LogP) is 3.22. The van der Waals surface area contributed by atoms with Gasteiger partial charge in [0.25, 0.3) is 0 Å². The summed E-state index contributed by atoms with van der Waals surface area (Å²) in [6.45, 7) is 4.67. The van der Waals surface area contributed by atoms with Crippen LogP contribution in [0.5, 0.6) is 5.75 Å². The fourth-order valence-electron chi connectivity index (χ4n) is 2.49. The first-order valence-corrected chi connectivity index (χ1v) is 7.36. The highest BCUT2D eigenvalue weighted by Crippen LogP contribution is 2.24. The van der Waals surface area contributed by atoms with Gasteiger partial charge in [-0.05, 0) is 30.2 Å². The fourth-order valence-corrected chi connectivity index (χ4v) is 2.49. The Labute approximate surface area is 127 Å². The van der Waals surface area contributed by atoms with Crippen LogP contribution in [0, 0.1) is 0 Å². The average Bonchev–Trinajstić information content (AvgIpc) is 2.55. The molecule has 3 nitrogen and oxygen atoms in total. The molecular weight excluding hydrogens is 260 g/mol. The number of benzene rings is 2. The van der Waals surface area contributed by atoms with Gasteiger partial charge in [0.05, 0.1) is 7.11 Å². The van der Waals surface area contributed by atoms with Gasteiger partial charge in [-0.1, -0.05) is 42.5 Å². The molecule has 2 aromatic carbocycles. The van der Waals surface area contributed by atoms with Crippen LogP contribution in [-0.2, 0) is 6.54 Å². The number of hydrogen-bond donors (Lipinski definition) is 1. The molecule has 0 aliphatic carbocycles. The second-order valence-corrected chi connectivity index (χ2v) is 5.19. The van der Waals surface area contributed by atoms with E-state index in [1.807, 2.05) is 18.2 Å². The molecule has 2 rings (SSSR count). The maximum absolute atomic E-state index is 5.78. The van der Waals surface area contributed by atoms with Gasteiger partial charge in [0.15, 0.2) is 0 Å². The van der Waals surface area contributed by atoms with Gasteiger partial charge in [0.1, 0.15) is 5.75 Å². The zero-order chi connectivity index (χ0) is 15.1. The second kappa shape index (κ2) is 7.81. The number of rotatable bonds is 7. The van der Waals surface area contributed by atoms with Gasteiger partial charge in [0.2, 0.25) is 0 Å². The summed E-state index contributed by atoms with van der Waals surface area (Å²) >= 11 is 0. The van der Waals surface area contributed by atoms with Crippen molar-refractivity contribution in [1.82, 2.24) is 4.90 Å². The molecule has 0 heterocycles. The lowest BCUT2D eigenvalue weighted by Crippen LogP contribution is -2.31. The molecule has 0 fully saturated rings. The smallest absolute Gasteiger partial charge is 0.118 e. The number of nitrogens with two attached hydrogens (primary N) is 1. The van der Waals surface area contributed by atoms with Crippen molar-refractivity contribution in [3.05, 3.63) is 65.7 Å². The van der Waals surface area contributed by atoms with E-state index >= 15 is 0 Å². The zero-order valence-electron chi connectivity index (χ0n) is 12.8. The molecule has 0 spiro atoms. The molecule has 0 bridgehead atoms. The van der Waals surface area contributed by atoms with E-state index in [9.17, 15) is 0 Å². The standard InChI is InChI=1S/C18H24N2O/c1-15(17-8-10-18(21-2)11-9-17)20(13-12-19)14-16-6-4-3-5-7-16/h3-11,15H,12-14,19H2,1-2H3. The monoisotopic (exact) mass is 284 g/mol. The molecule has 1 atom stereocenters. The summed E-state index contributed by atoms with van der Waals surface area (Å²) in [4.78, 5) is 2.40. The summed E-state index contributed by atoms with van der Waals surface area (Å²) in [5, 5.41) is 0. The first-order chi connectivity index (χ1) is 10.2. The maximum atomic E-state index is 5.78. The van der Waals surface area contributed by atoms with Gasteiger partial charge >= 0.3 is 0 Å². The lowest BCUT2D eigenvalue weighted by molar-refractivity contribution is 0.207. The molecule has 0 saturated heterocycles. The third kappa shape index (κ3) is 4.31. The molecule has 0 aromatic heterocycles. The normalized spacial score (nSPS) is 12.4. The van der Waals surface area contributed by atoms with E-state index in [0.29, 0.717) is 12.6 Å². The van der Waals surface area contributed by atoms with E-state index in [4.69, 9.17) is 10.5 Å². The summed E-state index contributed by atoms with van der Waals surface area (Å²) in [5.74, 6) is 0.888. The van der Waals surface area contributed by atoms with Crippen LogP contribution in [-0.4, -0.2) is 25.1 Å². The van der Waals surface area contributed by atoms with Crippen LogP contribution >= 0.6 is 0 Å². The highest BCUT2D eigenvalue weighted by Gasteiger charge is 2.15. The van der Waals surface area contributed by atoms with Crippen LogP contribution in [0.1, 0.15) is 24.1 Å². The minimum absolute atomic E-state index is 0.319. The largest absolute Gasteiger partial charge is 0.497 e. The lowest BCUT2D eigenvalue weighted by atomic mass is 10.1. The molecule has 0 amide bonds. The third-order valence-corrected chi connectivity index (χ3v) is 3.79. The van der Waals surface area contributed by atoms with Crippen LogP contribution in [0.3, 0.4) is 0 Å². The number of hydrogen-bond acceptors (Lipinski definition) is 3. The maximum Gasteiger partial charge on any atom is 0.118 e. The van der Waals surface area contributed by atoms with Gasteiger partial charge in [-0.15, -0.1) is 0 Å². The number of methoxy groups -OCH3 is 1. The summed E-state index contributed by atoms with van der Waals surface area (Å²) in [5.41, 5.74) is 8.37. The van der Waals surface area contributed by atoms with Crippen molar-refractivity contribution in [2.24, 2.45) is 5.73 Å². The Balaban J connectivity index is 2.12. The van der Waals surface area contributed by atoms with Gasteiger partial charge < -0.3 is 10.5 Å². The van der Waals surface area contributed by atoms with Crippen LogP contribution in [0.2, 0.25) is 0 Å². The topological polar surface area (TPSA) is 38.5 Å². The zero-order valence-corrected chi connectivity index (χ0v) is 12.8. The van der Waals surface area contributed by atoms with Gasteiger partial charge in [0, 0.05) is 25.7 Å². The number of nitrogens with zero attached hydrogens (tertiary/aromatic N) is 1. The van der Waals surface area contributed by atoms with Crippen molar-refractivity contribution < 1.29 is 4.74 Å². The molecule has 2 aromatic rings. The van der Waals surface area contributed by atoms with Crippen molar-refractivity contribution in [2.75, 3.05) is 20.2 Å². The van der Waals surface area contributed by atoms with Gasteiger partial charge in [-0.2, -0.15) is 0 Å². The molecule has 21 heavy (non-hydrogen) atoms. The quantitative estimate of drug-likeness (QED) is 0.848. The van der Waals surface area contributed by atoms with Gasteiger partial charge in [-0.25, -0.2) is 0 Å². The first-order valence-electron chi connectivity index (χ1n) is 7.36. The van der Waals surface area contributed by atoms with Crippen LogP contribution in [0.4, 0.5) is 0 Å². The molecule has 0 radical (unpaired) electrons. The van der Waals surface area contributed by atoms with E-state index in [1.54, 1.807) is 7.11 Å². The van der Waals surface area contributed by atoms with E-state index in [-0.39, 0.29) is 0 Å². The molecule has 0 aliphatic rings. The van der Waals surface area contributed by atoms with E-state index in [0.717, 1.165) is 18.8 Å². The van der Waals surface area contributed by atoms with Crippen molar-refractivity contribution in [3.8, 4) is 5.75 Å². The first kappa shape index (κ1) is 15.5. The van der Waals surface area contributed by atoms with Crippen molar-refractivity contribution in [1.29, 1.82) is 0 Å². The molecular formula is C18H24N2O. The molecule has 0 aliphatic heterocycles. The molecule has 2 N–H and O–H groups in total. The Morgan fingerprint density at radius 1 is 1.05 bits per heavy atom. The predicted molar refractivity (Wildman–Crippen MR) is 87.3 cm³/mol. The van der Waals surface area contributed by atoms with Crippen LogP contribution in [0.15, 0.2) is 54.6 Å². The summed E-state index contributed by atoms with van der Waals surface area (Å²) in [6.07, 6.45) is 0. The Morgan fingerprint density at radius 2 is 1.71 bits per heavy atom. The minimum atomic E-state index is 0.319. The average molecular weight is 284 g/mol. The Kier molecular flexibility index (Phi) is 5.78. The number of ether oxygens (including phenoxy) is 1. The van der Waals surface area contributed by atoms with Crippen molar-refractivity contribution in [2.45, 2.75) is 19.5 Å². The molecule has 112 valence electrons. The Hall–Kier alpha value is -1.84. The summed E-state index contributed by atoms with van der Waals surface area (Å²) < 4.78 is 5.22. The van der Waals surface area contributed by atoms with Crippen LogP contribution in [0.25, 0.3) is 0 Å². The third-order valence-electron chi connectivity index (χ3n) is 3.79. The molecule has 1 unspecified atom stereocenters. The highest BCUT2D eigenvalue weighted by molar-refractivity contribution is 5.29. The SMILES string of the molecule is COc1ccc(C(C)N(CCN)Cc2ccccc2)cc1. The van der Waals surface area contributed by atoms with Crippen LogP contribution < -0.4 is 10.5 Å². The second-order valence-electron chi connectivity index (χ2n) is 5.19. The van der Waals surface area contributed by atoms with E-state index in [1.165, 1.54) is 11.1 Å². The molecule has 3 heteroatoms. The lowest BCUT2D eigenvalue weighted by Gasteiger charge is -2.29. The Bertz CT molecular complexity index is 525. The van der Waals surface area contributed by atoms with Crippen molar-refractivity contribution in [3.63, 3.8) is 0 Å². The summed E-state index contributed by atoms with van der Waals surface area (Å²) in [7, 11) is 1.69. The Morgan fingerprint density at radius 3 is 2.29 bits per heavy atom. The summed E-state index contributed by atoms with van der Waals surface area (Å²) in [6, 6.07) is 19.1. The van der Waals surface area contributed by atoms with Gasteiger partial charge in [-0.3, -0.25) is 4.90 Å².